The molecule has 1 aromatic rings. The quantitative estimate of drug-likeness (QED) is 0.746. The zero-order valence-electron chi connectivity index (χ0n) is 12.7. The largest absolute Gasteiger partial charge is 1.00 e. The zero-order chi connectivity index (χ0) is 14.8. The third kappa shape index (κ3) is 5.55. The number of rotatable bonds is 4. The Bertz CT molecular complexity index is 468. The molecule has 0 aliphatic heterocycles. The van der Waals surface area contributed by atoms with Crippen LogP contribution in [0.4, 0.5) is 12.9 Å². The number of aryl methyl sites for hydroxylation is 1. The maximum Gasteiger partial charge on any atom is 1.00 e. The zero-order valence-corrected chi connectivity index (χ0v) is 15.9. The monoisotopic (exact) mass is 326 g/mol. The van der Waals surface area contributed by atoms with Crippen LogP contribution in [0, 0.1) is 6.92 Å². The predicted molar refractivity (Wildman–Crippen MR) is 73.6 cm³/mol. The van der Waals surface area contributed by atoms with Crippen LogP contribution in [0.1, 0.15) is 31.2 Å². The van der Waals surface area contributed by atoms with Gasteiger partial charge < -0.3 is 22.4 Å². The first-order valence-electron chi connectivity index (χ1n) is 6.90. The summed E-state index contributed by atoms with van der Waals surface area (Å²) in [6, 6.07) is 4.00. The van der Waals surface area contributed by atoms with Crippen LogP contribution < -0.4 is 61.6 Å². The molecule has 0 aromatic heterocycles. The molecule has 1 aliphatic rings. The van der Waals surface area contributed by atoms with Gasteiger partial charge in [-0.05, 0) is 38.3 Å². The van der Waals surface area contributed by atoms with Crippen molar-refractivity contribution in [2.24, 2.45) is 0 Å². The Balaban J connectivity index is 0.00000220. The second-order valence-corrected chi connectivity index (χ2v) is 5.36. The van der Waals surface area contributed by atoms with E-state index in [1.54, 1.807) is 7.11 Å². The third-order valence-corrected chi connectivity index (χ3v) is 3.81. The first kappa shape index (κ1) is 19.5. The SMILES string of the molecule is COC1CCCC(Oc2ccc([B-](F)(F)F)c(C)c2)C1.[K+]. The fraction of sp³-hybridized carbons (Fsp3) is 0.571. The van der Waals surface area contributed by atoms with E-state index in [4.69, 9.17) is 9.47 Å². The molecule has 1 saturated carbocycles. The first-order chi connectivity index (χ1) is 9.40. The smallest absolute Gasteiger partial charge is 0.490 e. The Morgan fingerprint density at radius 1 is 1.14 bits per heavy atom. The van der Waals surface area contributed by atoms with E-state index in [9.17, 15) is 12.9 Å². The molecule has 0 N–H and O–H groups in total. The van der Waals surface area contributed by atoms with Crippen molar-refractivity contribution in [2.45, 2.75) is 44.8 Å². The van der Waals surface area contributed by atoms with Crippen LogP contribution in [0.15, 0.2) is 18.2 Å². The van der Waals surface area contributed by atoms with Crippen LogP contribution in [0.3, 0.4) is 0 Å². The number of hydrogen-bond acceptors (Lipinski definition) is 2. The Morgan fingerprint density at radius 2 is 1.81 bits per heavy atom. The van der Waals surface area contributed by atoms with Gasteiger partial charge in [0.1, 0.15) is 11.9 Å². The molecule has 0 amide bonds. The number of hydrogen-bond donors (Lipinski definition) is 0. The molecular formula is C14H19BF3KO2. The molecule has 1 aliphatic carbocycles. The van der Waals surface area contributed by atoms with Gasteiger partial charge in [0.2, 0.25) is 0 Å². The van der Waals surface area contributed by atoms with Gasteiger partial charge in [0.05, 0.1) is 6.10 Å². The summed E-state index contributed by atoms with van der Waals surface area (Å²) in [6.45, 7) is -3.49. The van der Waals surface area contributed by atoms with Crippen molar-refractivity contribution in [3.05, 3.63) is 23.8 Å². The minimum absolute atomic E-state index is 0. The number of methoxy groups -OCH3 is 1. The van der Waals surface area contributed by atoms with Crippen LogP contribution in [-0.4, -0.2) is 26.3 Å². The summed E-state index contributed by atoms with van der Waals surface area (Å²) < 4.78 is 49.3. The van der Waals surface area contributed by atoms with E-state index in [2.05, 4.69) is 0 Å². The van der Waals surface area contributed by atoms with E-state index in [1.807, 2.05) is 0 Å². The second-order valence-electron chi connectivity index (χ2n) is 5.36. The summed E-state index contributed by atoms with van der Waals surface area (Å²) in [5.74, 6) is 0.507. The Hall–Kier alpha value is 0.471. The normalized spacial score (nSPS) is 22.5. The maximum absolute atomic E-state index is 12.7. The summed E-state index contributed by atoms with van der Waals surface area (Å²) in [4.78, 5) is 0. The molecule has 1 aromatic carbocycles. The summed E-state index contributed by atoms with van der Waals surface area (Å²) >= 11 is 0. The molecule has 7 heteroatoms. The van der Waals surface area contributed by atoms with Gasteiger partial charge in [0.15, 0.2) is 0 Å². The third-order valence-electron chi connectivity index (χ3n) is 3.81. The molecule has 0 radical (unpaired) electrons. The fourth-order valence-electron chi connectivity index (χ4n) is 2.70. The van der Waals surface area contributed by atoms with Gasteiger partial charge in [-0.15, -0.1) is 5.46 Å². The van der Waals surface area contributed by atoms with Gasteiger partial charge in [-0.2, -0.15) is 0 Å². The number of ether oxygens (including phenoxy) is 2. The molecule has 112 valence electrons. The summed E-state index contributed by atoms with van der Waals surface area (Å²) in [5.41, 5.74) is -0.329. The van der Waals surface area contributed by atoms with Crippen LogP contribution in [0.5, 0.6) is 5.75 Å². The average Bonchev–Trinajstić information content (AvgIpc) is 2.37. The van der Waals surface area contributed by atoms with Gasteiger partial charge in [0, 0.05) is 13.5 Å². The van der Waals surface area contributed by atoms with E-state index in [-0.39, 0.29) is 69.2 Å². The van der Waals surface area contributed by atoms with Crippen molar-refractivity contribution in [1.82, 2.24) is 0 Å². The van der Waals surface area contributed by atoms with E-state index in [0.29, 0.717) is 5.75 Å². The Morgan fingerprint density at radius 3 is 2.38 bits per heavy atom. The van der Waals surface area contributed by atoms with Crippen molar-refractivity contribution in [2.75, 3.05) is 7.11 Å². The minimum Gasteiger partial charge on any atom is -0.490 e. The number of halogens is 3. The topological polar surface area (TPSA) is 18.5 Å². The minimum atomic E-state index is -4.96. The van der Waals surface area contributed by atoms with Crippen molar-refractivity contribution in [1.29, 1.82) is 0 Å². The molecule has 0 spiro atoms. The van der Waals surface area contributed by atoms with E-state index in [1.165, 1.54) is 19.1 Å². The molecule has 0 heterocycles. The molecule has 1 fully saturated rings. The molecule has 0 bridgehead atoms. The first-order valence-corrected chi connectivity index (χ1v) is 6.90. The summed E-state index contributed by atoms with van der Waals surface area (Å²) in [5, 5.41) is 0. The molecule has 2 unspecified atom stereocenters. The van der Waals surface area contributed by atoms with Crippen molar-refractivity contribution >= 4 is 12.4 Å². The second kappa shape index (κ2) is 8.36. The molecule has 2 nitrogen and oxygen atoms in total. The van der Waals surface area contributed by atoms with Gasteiger partial charge in [-0.3, -0.25) is 0 Å². The van der Waals surface area contributed by atoms with Crippen molar-refractivity contribution in [3.8, 4) is 5.75 Å². The number of benzene rings is 1. The predicted octanol–water partition coefficient (Wildman–Crippen LogP) is 0.390. The Kier molecular flexibility index (Phi) is 7.77. The van der Waals surface area contributed by atoms with Crippen molar-refractivity contribution in [3.63, 3.8) is 0 Å². The van der Waals surface area contributed by atoms with Gasteiger partial charge in [-0.1, -0.05) is 11.6 Å². The van der Waals surface area contributed by atoms with Gasteiger partial charge in [-0.25, -0.2) is 0 Å². The van der Waals surface area contributed by atoms with Crippen molar-refractivity contribution < 1.29 is 73.8 Å². The van der Waals surface area contributed by atoms with E-state index in [0.717, 1.165) is 31.7 Å². The summed E-state index contributed by atoms with van der Waals surface area (Å²) in [6.07, 6.45) is 3.96. The molecule has 2 atom stereocenters. The molecule has 21 heavy (non-hydrogen) atoms. The maximum atomic E-state index is 12.7. The van der Waals surface area contributed by atoms with Crippen LogP contribution in [0.25, 0.3) is 0 Å². The molecule has 0 saturated heterocycles. The van der Waals surface area contributed by atoms with Crippen LogP contribution >= 0.6 is 0 Å². The van der Waals surface area contributed by atoms with E-state index >= 15 is 0 Å². The Labute approximate surface area is 166 Å². The molecule has 2 rings (SSSR count). The molecular weight excluding hydrogens is 307 g/mol. The van der Waals surface area contributed by atoms with Crippen LogP contribution in [0.2, 0.25) is 0 Å². The van der Waals surface area contributed by atoms with Gasteiger partial charge in [0.25, 0.3) is 0 Å². The summed E-state index contributed by atoms with van der Waals surface area (Å²) in [7, 11) is 1.68. The standard InChI is InChI=1S/C14H19BF3O2.K/c1-10-8-13(6-7-14(10)15(16,17)18)20-12-5-3-4-11(9-12)19-2;/h6-8,11-12H,3-5,9H2,1-2H3;/q-1;+1. The van der Waals surface area contributed by atoms with E-state index < -0.39 is 12.4 Å². The van der Waals surface area contributed by atoms with Crippen LogP contribution in [-0.2, 0) is 4.74 Å². The fourth-order valence-corrected chi connectivity index (χ4v) is 2.70. The average molecular weight is 326 g/mol. The van der Waals surface area contributed by atoms with Gasteiger partial charge >= 0.3 is 58.4 Å².